The third-order valence-corrected chi connectivity index (χ3v) is 5.80. The maximum atomic E-state index is 13.4. The molecule has 1 aliphatic carbocycles. The lowest BCUT2D eigenvalue weighted by atomic mass is 9.97. The molecule has 2 aromatic rings. The summed E-state index contributed by atoms with van der Waals surface area (Å²) in [7, 11) is 0. The fraction of sp³-hybridized carbons (Fsp3) is 0.263. The van der Waals surface area contributed by atoms with E-state index in [0.717, 1.165) is 35.7 Å². The SMILES string of the molecule is Cc1cc(Oc2ccc3c(c2)CC[C@H]3C2SC(=O)NC2=O)ccc1F. The third-order valence-electron chi connectivity index (χ3n) is 4.69. The van der Waals surface area contributed by atoms with E-state index >= 15 is 0 Å². The minimum Gasteiger partial charge on any atom is -0.457 e. The van der Waals surface area contributed by atoms with Crippen molar-refractivity contribution in [3.63, 3.8) is 0 Å². The summed E-state index contributed by atoms with van der Waals surface area (Å²) in [5.74, 6) is 0.865. The van der Waals surface area contributed by atoms with Crippen LogP contribution in [0, 0.1) is 12.7 Å². The van der Waals surface area contributed by atoms with Crippen LogP contribution in [0.1, 0.15) is 29.0 Å². The van der Waals surface area contributed by atoms with E-state index in [-0.39, 0.29) is 28.1 Å². The van der Waals surface area contributed by atoms with Crippen LogP contribution < -0.4 is 10.1 Å². The molecule has 0 aromatic heterocycles. The van der Waals surface area contributed by atoms with E-state index in [1.165, 1.54) is 6.07 Å². The summed E-state index contributed by atoms with van der Waals surface area (Å²) < 4.78 is 19.2. The van der Waals surface area contributed by atoms with Crippen molar-refractivity contribution in [1.29, 1.82) is 0 Å². The van der Waals surface area contributed by atoms with Crippen molar-refractivity contribution >= 4 is 22.9 Å². The first-order valence-electron chi connectivity index (χ1n) is 8.09. The largest absolute Gasteiger partial charge is 0.457 e. The molecule has 6 heteroatoms. The molecule has 2 aliphatic rings. The van der Waals surface area contributed by atoms with E-state index < -0.39 is 0 Å². The average Bonchev–Trinajstić information content (AvgIpc) is 3.13. The Kier molecular flexibility index (Phi) is 4.00. The molecule has 1 saturated heterocycles. The lowest BCUT2D eigenvalue weighted by molar-refractivity contribution is -0.119. The molecule has 2 amide bonds. The summed E-state index contributed by atoms with van der Waals surface area (Å²) >= 11 is 1.08. The van der Waals surface area contributed by atoms with Crippen LogP contribution >= 0.6 is 11.8 Å². The number of nitrogens with one attached hydrogen (secondary N) is 1. The lowest BCUT2D eigenvalue weighted by Crippen LogP contribution is -2.27. The Morgan fingerprint density at radius 3 is 2.64 bits per heavy atom. The van der Waals surface area contributed by atoms with Gasteiger partial charge < -0.3 is 4.74 Å². The molecule has 2 aromatic carbocycles. The van der Waals surface area contributed by atoms with E-state index in [0.29, 0.717) is 17.1 Å². The molecule has 0 radical (unpaired) electrons. The van der Waals surface area contributed by atoms with Crippen LogP contribution in [-0.2, 0) is 11.2 Å². The van der Waals surface area contributed by atoms with Gasteiger partial charge in [0.25, 0.3) is 5.24 Å². The first kappa shape index (κ1) is 16.1. The third kappa shape index (κ3) is 3.02. The number of thioether (sulfide) groups is 1. The highest BCUT2D eigenvalue weighted by molar-refractivity contribution is 8.15. The normalized spacial score (nSPS) is 22.0. The molecular weight excluding hydrogens is 341 g/mol. The van der Waals surface area contributed by atoms with Crippen molar-refractivity contribution in [2.45, 2.75) is 30.9 Å². The van der Waals surface area contributed by atoms with E-state index in [4.69, 9.17) is 4.74 Å². The molecule has 25 heavy (non-hydrogen) atoms. The van der Waals surface area contributed by atoms with Gasteiger partial charge in [-0.1, -0.05) is 17.8 Å². The van der Waals surface area contributed by atoms with Gasteiger partial charge in [0.2, 0.25) is 5.91 Å². The van der Waals surface area contributed by atoms with E-state index in [1.54, 1.807) is 19.1 Å². The number of amides is 2. The Morgan fingerprint density at radius 2 is 1.92 bits per heavy atom. The van der Waals surface area contributed by atoms with Gasteiger partial charge in [-0.2, -0.15) is 0 Å². The number of imide groups is 1. The zero-order chi connectivity index (χ0) is 17.6. The molecule has 1 fully saturated rings. The zero-order valence-corrected chi connectivity index (χ0v) is 14.4. The summed E-state index contributed by atoms with van der Waals surface area (Å²) in [6.45, 7) is 1.70. The quantitative estimate of drug-likeness (QED) is 0.889. The second-order valence-electron chi connectivity index (χ2n) is 6.33. The number of rotatable bonds is 3. The number of fused-ring (bicyclic) bond motifs is 1. The molecule has 0 saturated carbocycles. The highest BCUT2D eigenvalue weighted by atomic mass is 32.2. The fourth-order valence-corrected chi connectivity index (χ4v) is 4.46. The Labute approximate surface area is 148 Å². The van der Waals surface area contributed by atoms with Crippen molar-refractivity contribution in [3.8, 4) is 11.5 Å². The average molecular weight is 357 g/mol. The van der Waals surface area contributed by atoms with Crippen molar-refractivity contribution in [2.24, 2.45) is 0 Å². The molecule has 1 heterocycles. The Balaban J connectivity index is 1.56. The van der Waals surface area contributed by atoms with Crippen molar-refractivity contribution in [1.82, 2.24) is 5.32 Å². The van der Waals surface area contributed by atoms with Crippen LogP contribution in [0.2, 0.25) is 0 Å². The minimum atomic E-state index is -0.347. The summed E-state index contributed by atoms with van der Waals surface area (Å²) in [4.78, 5) is 23.4. The highest BCUT2D eigenvalue weighted by Crippen LogP contribution is 2.43. The predicted octanol–water partition coefficient (Wildman–Crippen LogP) is 4.31. The van der Waals surface area contributed by atoms with Crippen LogP contribution in [0.25, 0.3) is 0 Å². The standard InChI is InChI=1S/C19H16FNO3S/c1-10-8-12(4-7-16(10)20)24-13-3-6-14-11(9-13)2-5-15(14)17-18(22)21-19(23)25-17/h3-4,6-9,15,17H,2,5H2,1H3,(H,21,22,23)/t15-,17?/m1/s1. The van der Waals surface area contributed by atoms with E-state index in [1.807, 2.05) is 18.2 Å². The molecule has 128 valence electrons. The van der Waals surface area contributed by atoms with E-state index in [9.17, 15) is 14.0 Å². The predicted molar refractivity (Wildman–Crippen MR) is 93.6 cm³/mol. The first-order valence-corrected chi connectivity index (χ1v) is 8.97. The van der Waals surface area contributed by atoms with Gasteiger partial charge in [-0.3, -0.25) is 14.9 Å². The number of benzene rings is 2. The molecule has 1 aliphatic heterocycles. The van der Waals surface area contributed by atoms with Gasteiger partial charge in [0, 0.05) is 5.92 Å². The number of ether oxygens (including phenoxy) is 1. The topological polar surface area (TPSA) is 55.4 Å². The number of hydrogen-bond acceptors (Lipinski definition) is 4. The van der Waals surface area contributed by atoms with Gasteiger partial charge >= 0.3 is 0 Å². The van der Waals surface area contributed by atoms with Crippen molar-refractivity contribution in [3.05, 3.63) is 58.9 Å². The molecule has 4 rings (SSSR count). The van der Waals surface area contributed by atoms with Crippen LogP contribution in [0.4, 0.5) is 9.18 Å². The van der Waals surface area contributed by atoms with Crippen LogP contribution in [0.15, 0.2) is 36.4 Å². The van der Waals surface area contributed by atoms with Gasteiger partial charge in [0.15, 0.2) is 0 Å². The lowest BCUT2D eigenvalue weighted by Gasteiger charge is -2.16. The van der Waals surface area contributed by atoms with Crippen LogP contribution in [0.3, 0.4) is 0 Å². The Bertz CT molecular complexity index is 883. The molecule has 1 unspecified atom stereocenters. The van der Waals surface area contributed by atoms with Gasteiger partial charge in [-0.15, -0.1) is 0 Å². The molecule has 0 spiro atoms. The van der Waals surface area contributed by atoms with E-state index in [2.05, 4.69) is 5.32 Å². The highest BCUT2D eigenvalue weighted by Gasteiger charge is 2.41. The second kappa shape index (κ2) is 6.19. The Morgan fingerprint density at radius 1 is 1.16 bits per heavy atom. The maximum absolute atomic E-state index is 13.4. The second-order valence-corrected chi connectivity index (χ2v) is 7.45. The van der Waals surface area contributed by atoms with Gasteiger partial charge in [-0.05, 0) is 66.8 Å². The summed E-state index contributed by atoms with van der Waals surface area (Å²) in [6.07, 6.45) is 1.69. The number of hydrogen-bond donors (Lipinski definition) is 1. The van der Waals surface area contributed by atoms with Gasteiger partial charge in [0.1, 0.15) is 22.6 Å². The maximum Gasteiger partial charge on any atom is 0.286 e. The number of carbonyl (C=O) groups excluding carboxylic acids is 2. The smallest absolute Gasteiger partial charge is 0.286 e. The fourth-order valence-electron chi connectivity index (χ4n) is 3.46. The summed E-state index contributed by atoms with van der Waals surface area (Å²) in [6, 6.07) is 10.4. The van der Waals surface area contributed by atoms with Gasteiger partial charge in [-0.25, -0.2) is 4.39 Å². The first-order chi connectivity index (χ1) is 12.0. The molecular formula is C19H16FNO3S. The minimum absolute atomic E-state index is 0.0496. The number of halogens is 1. The molecule has 4 nitrogen and oxygen atoms in total. The summed E-state index contributed by atoms with van der Waals surface area (Å²) in [5.41, 5.74) is 2.77. The zero-order valence-electron chi connectivity index (χ0n) is 13.5. The molecule has 1 N–H and O–H groups in total. The molecule has 2 atom stereocenters. The number of carbonyl (C=O) groups is 2. The van der Waals surface area contributed by atoms with Crippen molar-refractivity contribution < 1.29 is 18.7 Å². The Hall–Kier alpha value is -2.34. The van der Waals surface area contributed by atoms with Crippen molar-refractivity contribution in [2.75, 3.05) is 0 Å². The monoisotopic (exact) mass is 357 g/mol. The van der Waals surface area contributed by atoms with Gasteiger partial charge in [0.05, 0.1) is 0 Å². The number of aryl methyl sites for hydroxylation is 2. The van der Waals surface area contributed by atoms with Crippen LogP contribution in [0.5, 0.6) is 11.5 Å². The summed E-state index contributed by atoms with van der Waals surface area (Å²) in [5, 5.41) is 1.74. The molecule has 0 bridgehead atoms. The van der Waals surface area contributed by atoms with Crippen LogP contribution in [-0.4, -0.2) is 16.4 Å².